The summed E-state index contributed by atoms with van der Waals surface area (Å²) in [6.45, 7) is 1.24. The highest BCUT2D eigenvalue weighted by Gasteiger charge is 2.25. The molecule has 1 aromatic heterocycles. The molecule has 2 aromatic rings. The number of nitrogen functional groups attached to an aromatic ring is 1. The smallest absolute Gasteiger partial charge is 0.410 e. The van der Waals surface area contributed by atoms with Gasteiger partial charge in [0, 0.05) is 12.1 Å². The van der Waals surface area contributed by atoms with E-state index in [0.29, 0.717) is 30.5 Å². The fourth-order valence-electron chi connectivity index (χ4n) is 2.49. The summed E-state index contributed by atoms with van der Waals surface area (Å²) in [6.07, 6.45) is 2.22. The summed E-state index contributed by atoms with van der Waals surface area (Å²) in [5.41, 5.74) is 8.69. The predicted octanol–water partition coefficient (Wildman–Crippen LogP) is 2.48. The Balaban J connectivity index is 1.66. The zero-order chi connectivity index (χ0) is 16.2. The van der Waals surface area contributed by atoms with E-state index in [-0.39, 0.29) is 12.7 Å². The third-order valence-electron chi connectivity index (χ3n) is 3.72. The molecule has 2 heterocycles. The van der Waals surface area contributed by atoms with Gasteiger partial charge in [-0.05, 0) is 18.2 Å². The average Bonchev–Trinajstić information content (AvgIpc) is 2.60. The SMILES string of the molecule is CSc1nc(N)c2c(n1)CN(C(=O)OCc1ccccc1)CC2. The molecular weight excluding hydrogens is 312 g/mol. The lowest BCUT2D eigenvalue weighted by atomic mass is 10.1. The van der Waals surface area contributed by atoms with Crippen molar-refractivity contribution in [1.82, 2.24) is 14.9 Å². The normalized spacial score (nSPS) is 13.5. The molecule has 120 valence electrons. The lowest BCUT2D eigenvalue weighted by molar-refractivity contribution is 0.0911. The molecule has 0 atom stereocenters. The molecule has 0 aliphatic carbocycles. The molecule has 0 saturated heterocycles. The number of anilines is 1. The molecule has 0 unspecified atom stereocenters. The Hall–Kier alpha value is -2.28. The summed E-state index contributed by atoms with van der Waals surface area (Å²) in [5, 5.41) is 0.626. The van der Waals surface area contributed by atoms with Crippen LogP contribution in [-0.2, 0) is 24.3 Å². The van der Waals surface area contributed by atoms with Gasteiger partial charge in [-0.15, -0.1) is 0 Å². The van der Waals surface area contributed by atoms with Crippen LogP contribution in [0.1, 0.15) is 16.8 Å². The van der Waals surface area contributed by atoms with Gasteiger partial charge in [0.05, 0.1) is 12.2 Å². The summed E-state index contributed by atoms with van der Waals surface area (Å²) in [7, 11) is 0. The van der Waals surface area contributed by atoms with Crippen LogP contribution in [0.2, 0.25) is 0 Å². The number of nitrogens with zero attached hydrogens (tertiary/aromatic N) is 3. The zero-order valence-electron chi connectivity index (χ0n) is 12.9. The van der Waals surface area contributed by atoms with E-state index in [0.717, 1.165) is 16.8 Å². The summed E-state index contributed by atoms with van der Waals surface area (Å²) >= 11 is 1.44. The van der Waals surface area contributed by atoms with E-state index in [9.17, 15) is 4.79 Å². The maximum atomic E-state index is 12.2. The average molecular weight is 330 g/mol. The second-order valence-corrected chi connectivity index (χ2v) is 6.01. The number of benzene rings is 1. The molecule has 0 radical (unpaired) electrons. The first-order chi connectivity index (χ1) is 11.2. The molecule has 1 amide bonds. The zero-order valence-corrected chi connectivity index (χ0v) is 13.7. The van der Waals surface area contributed by atoms with Crippen LogP contribution < -0.4 is 5.73 Å². The Kier molecular flexibility index (Phi) is 4.66. The van der Waals surface area contributed by atoms with Gasteiger partial charge in [0.2, 0.25) is 0 Å². The van der Waals surface area contributed by atoms with E-state index in [4.69, 9.17) is 10.5 Å². The van der Waals surface area contributed by atoms with E-state index in [1.165, 1.54) is 11.8 Å². The Morgan fingerprint density at radius 1 is 1.35 bits per heavy atom. The van der Waals surface area contributed by atoms with Crippen LogP contribution in [0.5, 0.6) is 0 Å². The molecule has 0 fully saturated rings. The van der Waals surface area contributed by atoms with E-state index >= 15 is 0 Å². The minimum Gasteiger partial charge on any atom is -0.445 e. The summed E-state index contributed by atoms with van der Waals surface area (Å²) < 4.78 is 5.38. The van der Waals surface area contributed by atoms with Gasteiger partial charge in [0.1, 0.15) is 12.4 Å². The van der Waals surface area contributed by atoms with Gasteiger partial charge in [-0.3, -0.25) is 0 Å². The van der Waals surface area contributed by atoms with Crippen molar-refractivity contribution in [1.29, 1.82) is 0 Å². The first-order valence-corrected chi connectivity index (χ1v) is 8.54. The minimum absolute atomic E-state index is 0.269. The van der Waals surface area contributed by atoms with Crippen LogP contribution in [-0.4, -0.2) is 33.8 Å². The molecule has 23 heavy (non-hydrogen) atoms. The number of aromatic nitrogens is 2. The van der Waals surface area contributed by atoms with Crippen LogP contribution in [0.25, 0.3) is 0 Å². The van der Waals surface area contributed by atoms with E-state index in [1.54, 1.807) is 4.90 Å². The Bertz CT molecular complexity index is 709. The molecule has 3 rings (SSSR count). The molecule has 2 N–H and O–H groups in total. The van der Waals surface area contributed by atoms with Crippen molar-refractivity contribution >= 4 is 23.7 Å². The Morgan fingerprint density at radius 3 is 2.87 bits per heavy atom. The van der Waals surface area contributed by atoms with E-state index in [2.05, 4.69) is 9.97 Å². The number of carbonyl (C=O) groups is 1. The molecule has 6 nitrogen and oxygen atoms in total. The third-order valence-corrected chi connectivity index (χ3v) is 4.27. The first kappa shape index (κ1) is 15.6. The van der Waals surface area contributed by atoms with Gasteiger partial charge in [-0.25, -0.2) is 14.8 Å². The molecule has 1 aliphatic rings. The standard InChI is InChI=1S/C16H18N4O2S/c1-23-15-18-13-9-20(8-7-12(13)14(17)19-15)16(21)22-10-11-5-3-2-4-6-11/h2-6H,7-10H2,1H3,(H2,17,18,19). The van der Waals surface area contributed by atoms with Gasteiger partial charge < -0.3 is 15.4 Å². The summed E-state index contributed by atoms with van der Waals surface area (Å²) in [6, 6.07) is 9.63. The number of thioether (sulfide) groups is 1. The highest BCUT2D eigenvalue weighted by Crippen LogP contribution is 2.24. The quantitative estimate of drug-likeness (QED) is 0.688. The van der Waals surface area contributed by atoms with Crippen molar-refractivity contribution in [3.8, 4) is 0 Å². The molecule has 0 saturated carbocycles. The van der Waals surface area contributed by atoms with Gasteiger partial charge in [-0.2, -0.15) is 0 Å². The topological polar surface area (TPSA) is 81.3 Å². The van der Waals surface area contributed by atoms with Crippen LogP contribution >= 0.6 is 11.8 Å². The number of nitrogens with two attached hydrogens (primary N) is 1. The summed E-state index contributed by atoms with van der Waals surface area (Å²) in [5.74, 6) is 0.511. The van der Waals surface area contributed by atoms with E-state index in [1.807, 2.05) is 36.6 Å². The monoisotopic (exact) mass is 330 g/mol. The number of rotatable bonds is 3. The Morgan fingerprint density at radius 2 is 2.13 bits per heavy atom. The largest absolute Gasteiger partial charge is 0.445 e. The van der Waals surface area contributed by atoms with Crippen molar-refractivity contribution in [2.24, 2.45) is 0 Å². The maximum Gasteiger partial charge on any atom is 0.410 e. The van der Waals surface area contributed by atoms with Gasteiger partial charge in [0.25, 0.3) is 0 Å². The van der Waals surface area contributed by atoms with Gasteiger partial charge >= 0.3 is 6.09 Å². The van der Waals surface area contributed by atoms with Crippen molar-refractivity contribution in [3.63, 3.8) is 0 Å². The van der Waals surface area contributed by atoms with Gasteiger partial charge in [-0.1, -0.05) is 42.1 Å². The van der Waals surface area contributed by atoms with Crippen molar-refractivity contribution in [3.05, 3.63) is 47.2 Å². The fourth-order valence-corrected chi connectivity index (χ4v) is 2.88. The second kappa shape index (κ2) is 6.87. The number of amides is 1. The van der Waals surface area contributed by atoms with Crippen molar-refractivity contribution in [2.45, 2.75) is 24.7 Å². The lowest BCUT2D eigenvalue weighted by Crippen LogP contribution is -2.37. The number of hydrogen-bond acceptors (Lipinski definition) is 6. The van der Waals surface area contributed by atoms with Gasteiger partial charge in [0.15, 0.2) is 5.16 Å². The third kappa shape index (κ3) is 3.56. The first-order valence-electron chi connectivity index (χ1n) is 7.32. The fraction of sp³-hybridized carbons (Fsp3) is 0.312. The minimum atomic E-state index is -0.331. The van der Waals surface area contributed by atoms with Crippen molar-refractivity contribution < 1.29 is 9.53 Å². The number of hydrogen-bond donors (Lipinski definition) is 1. The van der Waals surface area contributed by atoms with E-state index < -0.39 is 0 Å². The van der Waals surface area contributed by atoms with Crippen LogP contribution in [0, 0.1) is 0 Å². The number of fused-ring (bicyclic) bond motifs is 1. The molecule has 7 heteroatoms. The summed E-state index contributed by atoms with van der Waals surface area (Å²) in [4.78, 5) is 22.6. The maximum absolute atomic E-state index is 12.2. The van der Waals surface area contributed by atoms with Crippen LogP contribution in [0.3, 0.4) is 0 Å². The highest BCUT2D eigenvalue weighted by atomic mass is 32.2. The van der Waals surface area contributed by atoms with Crippen molar-refractivity contribution in [2.75, 3.05) is 18.5 Å². The number of carbonyl (C=O) groups excluding carboxylic acids is 1. The lowest BCUT2D eigenvalue weighted by Gasteiger charge is -2.28. The molecule has 1 aromatic carbocycles. The van der Waals surface area contributed by atoms with Crippen LogP contribution in [0.15, 0.2) is 35.5 Å². The Labute approximate surface area is 139 Å². The molecule has 0 bridgehead atoms. The molecular formula is C16H18N4O2S. The molecule has 0 spiro atoms. The molecule has 1 aliphatic heterocycles. The van der Waals surface area contributed by atoms with Crippen LogP contribution in [0.4, 0.5) is 10.6 Å². The second-order valence-electron chi connectivity index (χ2n) is 5.23. The predicted molar refractivity (Wildman–Crippen MR) is 89.0 cm³/mol. The highest BCUT2D eigenvalue weighted by molar-refractivity contribution is 7.98. The number of ether oxygens (including phenoxy) is 1.